The Morgan fingerprint density at radius 1 is 1.89 bits per heavy atom. The van der Waals surface area contributed by atoms with Crippen molar-refractivity contribution in [2.75, 3.05) is 13.2 Å². The molecule has 0 aromatic carbocycles. The predicted molar refractivity (Wildman–Crippen MR) is 31.7 cm³/mol. The van der Waals surface area contributed by atoms with Crippen molar-refractivity contribution in [2.45, 2.75) is 13.0 Å². The van der Waals surface area contributed by atoms with E-state index in [1.807, 2.05) is 0 Å². The molecule has 4 nitrogen and oxygen atoms in total. The van der Waals surface area contributed by atoms with Crippen molar-refractivity contribution >= 4 is 5.91 Å². The first-order chi connectivity index (χ1) is 4.16. The average molecular weight is 133 g/mol. The molecule has 0 bridgehead atoms. The van der Waals surface area contributed by atoms with Crippen LogP contribution in [0.1, 0.15) is 6.92 Å². The number of aliphatic hydroxyl groups is 1. The second-order valence-electron chi connectivity index (χ2n) is 1.77. The molecule has 4 heteroatoms. The van der Waals surface area contributed by atoms with Gasteiger partial charge in [-0.1, -0.05) is 0 Å². The average Bonchev–Trinajstić information content (AvgIpc) is 1.83. The maximum absolute atomic E-state index is 10.0. The summed E-state index contributed by atoms with van der Waals surface area (Å²) in [5.74, 6) is -0.518. The number of nitrogens with two attached hydrogens (primary N) is 1. The first kappa shape index (κ1) is 8.39. The van der Waals surface area contributed by atoms with Gasteiger partial charge in [0.25, 0.3) is 0 Å². The second kappa shape index (κ2) is 4.29. The van der Waals surface area contributed by atoms with E-state index >= 15 is 0 Å². The molecule has 9 heavy (non-hydrogen) atoms. The molecule has 54 valence electrons. The molecule has 0 unspecified atom stereocenters. The maximum atomic E-state index is 10.0. The SMILES string of the molecule is C[C@H](CO)OCC(N)=O. The normalized spacial score (nSPS) is 13.1. The number of carbonyl (C=O) groups excluding carboxylic acids is 1. The monoisotopic (exact) mass is 133 g/mol. The first-order valence-electron chi connectivity index (χ1n) is 2.67. The lowest BCUT2D eigenvalue weighted by Gasteiger charge is -2.06. The van der Waals surface area contributed by atoms with Gasteiger partial charge in [0.2, 0.25) is 5.91 Å². The van der Waals surface area contributed by atoms with E-state index in [-0.39, 0.29) is 19.3 Å². The summed E-state index contributed by atoms with van der Waals surface area (Å²) in [6, 6.07) is 0. The molecule has 1 atom stereocenters. The molecule has 0 aliphatic heterocycles. The van der Waals surface area contributed by atoms with E-state index < -0.39 is 5.91 Å². The molecule has 0 spiro atoms. The Kier molecular flexibility index (Phi) is 4.00. The van der Waals surface area contributed by atoms with Crippen molar-refractivity contribution in [3.8, 4) is 0 Å². The van der Waals surface area contributed by atoms with Gasteiger partial charge in [-0.3, -0.25) is 4.79 Å². The fourth-order valence-corrected chi connectivity index (χ4v) is 0.277. The Morgan fingerprint density at radius 2 is 2.44 bits per heavy atom. The van der Waals surface area contributed by atoms with Crippen LogP contribution in [-0.2, 0) is 9.53 Å². The second-order valence-corrected chi connectivity index (χ2v) is 1.77. The van der Waals surface area contributed by atoms with Gasteiger partial charge in [0.1, 0.15) is 6.61 Å². The third-order valence-corrected chi connectivity index (χ3v) is 0.767. The van der Waals surface area contributed by atoms with Crippen LogP contribution in [0.15, 0.2) is 0 Å². The van der Waals surface area contributed by atoms with Crippen LogP contribution in [-0.4, -0.2) is 30.3 Å². The van der Waals surface area contributed by atoms with Gasteiger partial charge in [-0.2, -0.15) is 0 Å². The van der Waals surface area contributed by atoms with Crippen molar-refractivity contribution < 1.29 is 14.6 Å². The van der Waals surface area contributed by atoms with Crippen LogP contribution >= 0.6 is 0 Å². The zero-order valence-corrected chi connectivity index (χ0v) is 5.33. The molecule has 0 aliphatic carbocycles. The fourth-order valence-electron chi connectivity index (χ4n) is 0.277. The van der Waals surface area contributed by atoms with E-state index in [4.69, 9.17) is 15.6 Å². The Morgan fingerprint density at radius 3 is 2.78 bits per heavy atom. The smallest absolute Gasteiger partial charge is 0.243 e. The van der Waals surface area contributed by atoms with Crippen molar-refractivity contribution in [1.29, 1.82) is 0 Å². The summed E-state index contributed by atoms with van der Waals surface area (Å²) in [5, 5.41) is 8.37. The van der Waals surface area contributed by atoms with Gasteiger partial charge in [0.15, 0.2) is 0 Å². The van der Waals surface area contributed by atoms with Crippen molar-refractivity contribution in [3.05, 3.63) is 0 Å². The summed E-state index contributed by atoms with van der Waals surface area (Å²) < 4.78 is 4.73. The largest absolute Gasteiger partial charge is 0.394 e. The van der Waals surface area contributed by atoms with Gasteiger partial charge in [-0.15, -0.1) is 0 Å². The van der Waals surface area contributed by atoms with Crippen LogP contribution in [0.4, 0.5) is 0 Å². The molecule has 0 heterocycles. The lowest BCUT2D eigenvalue weighted by Crippen LogP contribution is -2.23. The highest BCUT2D eigenvalue weighted by molar-refractivity contribution is 5.74. The minimum Gasteiger partial charge on any atom is -0.394 e. The van der Waals surface area contributed by atoms with E-state index in [1.54, 1.807) is 6.92 Å². The molecule has 0 aliphatic rings. The standard InChI is InChI=1S/C5H11NO3/c1-4(2-7)9-3-5(6)8/h4,7H,2-3H2,1H3,(H2,6,8)/t4-/m1/s1. The summed E-state index contributed by atoms with van der Waals surface area (Å²) in [4.78, 5) is 10.0. The minimum absolute atomic E-state index is 0.0900. The van der Waals surface area contributed by atoms with Gasteiger partial charge in [0.05, 0.1) is 12.7 Å². The highest BCUT2D eigenvalue weighted by atomic mass is 16.5. The highest BCUT2D eigenvalue weighted by Gasteiger charge is 2.00. The molecule has 1 amide bonds. The third-order valence-electron chi connectivity index (χ3n) is 0.767. The fraction of sp³-hybridized carbons (Fsp3) is 0.800. The summed E-state index contributed by atoms with van der Waals surface area (Å²) in [6.45, 7) is 1.44. The molecule has 0 radical (unpaired) electrons. The van der Waals surface area contributed by atoms with E-state index in [1.165, 1.54) is 0 Å². The van der Waals surface area contributed by atoms with Crippen LogP contribution in [0.3, 0.4) is 0 Å². The molecular weight excluding hydrogens is 122 g/mol. The van der Waals surface area contributed by atoms with Gasteiger partial charge in [-0.05, 0) is 6.92 Å². The van der Waals surface area contributed by atoms with Crippen molar-refractivity contribution in [3.63, 3.8) is 0 Å². The molecule has 0 aromatic rings. The molecule has 0 fully saturated rings. The number of ether oxygens (including phenoxy) is 1. The molecule has 0 rings (SSSR count). The van der Waals surface area contributed by atoms with E-state index in [0.29, 0.717) is 0 Å². The lowest BCUT2D eigenvalue weighted by molar-refractivity contribution is -0.124. The number of amides is 1. The topological polar surface area (TPSA) is 72.6 Å². The van der Waals surface area contributed by atoms with Crippen molar-refractivity contribution in [2.24, 2.45) is 5.73 Å². The van der Waals surface area contributed by atoms with E-state index in [9.17, 15) is 4.79 Å². The number of rotatable bonds is 4. The zero-order chi connectivity index (χ0) is 7.28. The van der Waals surface area contributed by atoms with Crippen LogP contribution in [0.5, 0.6) is 0 Å². The summed E-state index contributed by atoms with van der Waals surface area (Å²) in [6.07, 6.45) is -0.308. The number of hydrogen-bond acceptors (Lipinski definition) is 3. The van der Waals surface area contributed by atoms with E-state index in [2.05, 4.69) is 0 Å². The Bertz CT molecular complexity index is 94.2. The Balaban J connectivity index is 3.16. The zero-order valence-electron chi connectivity index (χ0n) is 5.33. The predicted octanol–water partition coefficient (Wildman–Crippen LogP) is -1.13. The maximum Gasteiger partial charge on any atom is 0.243 e. The van der Waals surface area contributed by atoms with Crippen LogP contribution in [0.2, 0.25) is 0 Å². The summed E-state index contributed by atoms with van der Waals surface area (Å²) in [7, 11) is 0. The number of aliphatic hydroxyl groups excluding tert-OH is 1. The molecule has 0 saturated heterocycles. The van der Waals surface area contributed by atoms with E-state index in [0.717, 1.165) is 0 Å². The Hall–Kier alpha value is -0.610. The quantitative estimate of drug-likeness (QED) is 0.509. The Labute approximate surface area is 53.6 Å². The van der Waals surface area contributed by atoms with Crippen LogP contribution in [0.25, 0.3) is 0 Å². The number of carbonyl (C=O) groups is 1. The first-order valence-corrected chi connectivity index (χ1v) is 2.67. The molecule has 0 saturated carbocycles. The van der Waals surface area contributed by atoms with Crippen molar-refractivity contribution in [1.82, 2.24) is 0 Å². The highest BCUT2D eigenvalue weighted by Crippen LogP contribution is 1.85. The number of hydrogen-bond donors (Lipinski definition) is 2. The van der Waals surface area contributed by atoms with Gasteiger partial charge in [-0.25, -0.2) is 0 Å². The number of primary amides is 1. The van der Waals surface area contributed by atoms with Gasteiger partial charge >= 0.3 is 0 Å². The third kappa shape index (κ3) is 5.26. The van der Waals surface area contributed by atoms with Crippen LogP contribution in [0, 0.1) is 0 Å². The lowest BCUT2D eigenvalue weighted by atomic mass is 10.4. The minimum atomic E-state index is -0.518. The molecule has 3 N–H and O–H groups in total. The van der Waals surface area contributed by atoms with Gasteiger partial charge < -0.3 is 15.6 Å². The van der Waals surface area contributed by atoms with Gasteiger partial charge in [0, 0.05) is 0 Å². The molecule has 0 aromatic heterocycles. The summed E-state index contributed by atoms with van der Waals surface area (Å²) >= 11 is 0. The molecular formula is C5H11NO3. The van der Waals surface area contributed by atoms with Crippen LogP contribution < -0.4 is 5.73 Å². The summed E-state index contributed by atoms with van der Waals surface area (Å²) in [5.41, 5.74) is 4.75.